The Bertz CT molecular complexity index is 254. The molecular weight excluding hydrogens is 173 g/mol. The fraction of sp³-hybridized carbons (Fsp3) is 0.200. The Morgan fingerprint density at radius 2 is 1.92 bits per heavy atom. The molecule has 4 nitrogen and oxygen atoms in total. The molecule has 0 aliphatic rings. The minimum atomic E-state index is -4.46. The van der Waals surface area contributed by atoms with E-state index in [4.69, 9.17) is 5.84 Å². The zero-order valence-corrected chi connectivity index (χ0v) is 5.76. The van der Waals surface area contributed by atoms with E-state index in [1.165, 1.54) is 0 Å². The lowest BCUT2D eigenvalue weighted by molar-refractivity contribution is -0.141. The maximum absolute atomic E-state index is 11.9. The first-order valence-corrected chi connectivity index (χ1v) is 2.90. The number of alkyl halides is 3. The van der Waals surface area contributed by atoms with E-state index in [1.54, 1.807) is 0 Å². The third-order valence-corrected chi connectivity index (χ3v) is 1.09. The van der Waals surface area contributed by atoms with Crippen LogP contribution in [-0.2, 0) is 6.18 Å². The predicted octanol–water partition coefficient (Wildman–Crippen LogP) is 0.781. The number of nitrogens with two attached hydrogens (primary N) is 1. The van der Waals surface area contributed by atoms with Gasteiger partial charge in [-0.3, -0.25) is 0 Å². The molecule has 1 heterocycles. The highest BCUT2D eigenvalue weighted by molar-refractivity contribution is 5.28. The molecule has 1 rings (SSSR count). The molecule has 3 N–H and O–H groups in total. The molecule has 0 spiro atoms. The molecule has 0 aliphatic heterocycles. The molecule has 12 heavy (non-hydrogen) atoms. The Morgan fingerprint density at radius 1 is 1.25 bits per heavy atom. The maximum atomic E-state index is 11.9. The number of aromatic nitrogens is 2. The number of nitrogens with zero attached hydrogens (tertiary/aromatic N) is 2. The molecule has 0 bridgehead atoms. The standard InChI is InChI=1S/C5H5F3N4/c6-5(7,8)3-1-11-4(12-9)2-10-3/h1-2H,9H2,(H,11,12). The summed E-state index contributed by atoms with van der Waals surface area (Å²) in [5.41, 5.74) is 1.02. The number of hydrazine groups is 1. The Labute approximate surface area is 65.6 Å². The normalized spacial score (nSPS) is 11.3. The second-order valence-electron chi connectivity index (χ2n) is 1.93. The van der Waals surface area contributed by atoms with E-state index in [0.717, 1.165) is 6.20 Å². The average molecular weight is 178 g/mol. The summed E-state index contributed by atoms with van der Waals surface area (Å²) in [6.07, 6.45) is -2.95. The van der Waals surface area contributed by atoms with E-state index < -0.39 is 11.9 Å². The molecular formula is C5H5F3N4. The summed E-state index contributed by atoms with van der Waals surface area (Å²) in [4.78, 5) is 6.44. The van der Waals surface area contributed by atoms with E-state index >= 15 is 0 Å². The van der Waals surface area contributed by atoms with Crippen molar-refractivity contribution in [1.29, 1.82) is 0 Å². The van der Waals surface area contributed by atoms with Gasteiger partial charge in [-0.1, -0.05) is 0 Å². The van der Waals surface area contributed by atoms with Crippen molar-refractivity contribution in [2.75, 3.05) is 5.43 Å². The number of anilines is 1. The molecule has 0 aromatic carbocycles. The molecule has 0 saturated carbocycles. The molecule has 0 saturated heterocycles. The molecule has 0 amide bonds. The van der Waals surface area contributed by atoms with Gasteiger partial charge >= 0.3 is 6.18 Å². The maximum Gasteiger partial charge on any atom is 0.434 e. The van der Waals surface area contributed by atoms with Crippen LogP contribution in [0.1, 0.15) is 5.69 Å². The lowest BCUT2D eigenvalue weighted by Gasteiger charge is -2.04. The van der Waals surface area contributed by atoms with Crippen LogP contribution in [0.15, 0.2) is 12.4 Å². The van der Waals surface area contributed by atoms with Gasteiger partial charge in [0.05, 0.1) is 12.4 Å². The van der Waals surface area contributed by atoms with Crippen molar-refractivity contribution in [2.45, 2.75) is 6.18 Å². The van der Waals surface area contributed by atoms with Crippen molar-refractivity contribution in [3.63, 3.8) is 0 Å². The van der Waals surface area contributed by atoms with Crippen LogP contribution >= 0.6 is 0 Å². The summed E-state index contributed by atoms with van der Waals surface area (Å²) in [5, 5.41) is 0. The van der Waals surface area contributed by atoms with E-state index in [-0.39, 0.29) is 5.82 Å². The van der Waals surface area contributed by atoms with Crippen LogP contribution in [0.3, 0.4) is 0 Å². The van der Waals surface area contributed by atoms with Crippen LogP contribution in [0, 0.1) is 0 Å². The van der Waals surface area contributed by atoms with E-state index in [9.17, 15) is 13.2 Å². The molecule has 0 unspecified atom stereocenters. The zero-order valence-electron chi connectivity index (χ0n) is 5.76. The highest BCUT2D eigenvalue weighted by Crippen LogP contribution is 2.26. The number of nitrogens with one attached hydrogen (secondary N) is 1. The SMILES string of the molecule is NNc1cnc(C(F)(F)F)cn1. The van der Waals surface area contributed by atoms with Crippen molar-refractivity contribution in [1.82, 2.24) is 9.97 Å². The fourth-order valence-electron chi connectivity index (χ4n) is 0.549. The third-order valence-electron chi connectivity index (χ3n) is 1.09. The summed E-state index contributed by atoms with van der Waals surface area (Å²) in [6.45, 7) is 0. The van der Waals surface area contributed by atoms with Gasteiger partial charge < -0.3 is 5.43 Å². The average Bonchev–Trinajstić information content (AvgIpc) is 2.03. The number of halogens is 3. The fourth-order valence-corrected chi connectivity index (χ4v) is 0.549. The predicted molar refractivity (Wildman–Crippen MR) is 34.8 cm³/mol. The molecule has 7 heteroatoms. The Balaban J connectivity index is 2.93. The first kappa shape index (κ1) is 8.72. The lowest BCUT2D eigenvalue weighted by Crippen LogP contribution is -2.12. The van der Waals surface area contributed by atoms with Gasteiger partial charge in [0.15, 0.2) is 11.5 Å². The summed E-state index contributed by atoms with van der Waals surface area (Å²) < 4.78 is 35.6. The Morgan fingerprint density at radius 3 is 2.25 bits per heavy atom. The summed E-state index contributed by atoms with van der Waals surface area (Å²) in [6, 6.07) is 0. The third kappa shape index (κ3) is 1.82. The van der Waals surface area contributed by atoms with Crippen molar-refractivity contribution in [2.24, 2.45) is 5.84 Å². The van der Waals surface area contributed by atoms with Gasteiger partial charge in [-0.15, -0.1) is 0 Å². The molecule has 1 aromatic heterocycles. The summed E-state index contributed by atoms with van der Waals surface area (Å²) in [5.74, 6) is 4.96. The van der Waals surface area contributed by atoms with Crippen LogP contribution in [0.4, 0.5) is 19.0 Å². The Kier molecular flexibility index (Phi) is 2.13. The van der Waals surface area contributed by atoms with Crippen LogP contribution in [-0.4, -0.2) is 9.97 Å². The second kappa shape index (κ2) is 2.94. The number of hydrogen-bond donors (Lipinski definition) is 2. The topological polar surface area (TPSA) is 63.8 Å². The van der Waals surface area contributed by atoms with Gasteiger partial charge in [0, 0.05) is 0 Å². The smallest absolute Gasteiger partial charge is 0.307 e. The molecule has 0 atom stereocenters. The largest absolute Gasteiger partial charge is 0.434 e. The zero-order chi connectivity index (χ0) is 9.19. The Hall–Kier alpha value is -1.37. The number of rotatable bonds is 1. The molecule has 0 aliphatic carbocycles. The van der Waals surface area contributed by atoms with Gasteiger partial charge in [0.1, 0.15) is 0 Å². The van der Waals surface area contributed by atoms with Gasteiger partial charge in [0.25, 0.3) is 0 Å². The minimum Gasteiger partial charge on any atom is -0.307 e. The van der Waals surface area contributed by atoms with Gasteiger partial charge in [-0.25, -0.2) is 15.8 Å². The van der Waals surface area contributed by atoms with E-state index in [2.05, 4.69) is 15.4 Å². The van der Waals surface area contributed by atoms with Crippen molar-refractivity contribution in [3.8, 4) is 0 Å². The van der Waals surface area contributed by atoms with Crippen molar-refractivity contribution in [3.05, 3.63) is 18.1 Å². The van der Waals surface area contributed by atoms with Gasteiger partial charge in [-0.2, -0.15) is 13.2 Å². The van der Waals surface area contributed by atoms with Gasteiger partial charge in [0.2, 0.25) is 0 Å². The highest BCUT2D eigenvalue weighted by Gasteiger charge is 2.32. The number of hydrogen-bond acceptors (Lipinski definition) is 4. The molecule has 66 valence electrons. The quantitative estimate of drug-likeness (QED) is 0.492. The summed E-state index contributed by atoms with van der Waals surface area (Å²) >= 11 is 0. The van der Waals surface area contributed by atoms with E-state index in [0.29, 0.717) is 6.20 Å². The van der Waals surface area contributed by atoms with E-state index in [1.807, 2.05) is 0 Å². The van der Waals surface area contributed by atoms with Crippen LogP contribution < -0.4 is 11.3 Å². The number of nitrogen functional groups attached to an aromatic ring is 1. The monoisotopic (exact) mass is 178 g/mol. The molecule has 0 radical (unpaired) electrons. The minimum absolute atomic E-state index is 0.0861. The van der Waals surface area contributed by atoms with Crippen molar-refractivity contribution < 1.29 is 13.2 Å². The second-order valence-corrected chi connectivity index (χ2v) is 1.93. The summed E-state index contributed by atoms with van der Waals surface area (Å²) in [7, 11) is 0. The first-order valence-electron chi connectivity index (χ1n) is 2.90. The van der Waals surface area contributed by atoms with Crippen LogP contribution in [0.2, 0.25) is 0 Å². The molecule has 1 aromatic rings. The van der Waals surface area contributed by atoms with Crippen LogP contribution in [0.5, 0.6) is 0 Å². The van der Waals surface area contributed by atoms with Crippen molar-refractivity contribution >= 4 is 5.82 Å². The highest BCUT2D eigenvalue weighted by atomic mass is 19.4. The lowest BCUT2D eigenvalue weighted by atomic mass is 10.4. The molecule has 0 fully saturated rings. The first-order chi connectivity index (χ1) is 5.54. The van der Waals surface area contributed by atoms with Crippen LogP contribution in [0.25, 0.3) is 0 Å². The van der Waals surface area contributed by atoms with Gasteiger partial charge in [-0.05, 0) is 0 Å².